The van der Waals surface area contributed by atoms with E-state index in [-0.39, 0.29) is 11.6 Å². The molecule has 0 radical (unpaired) electrons. The molecule has 1 fully saturated rings. The molecule has 1 aliphatic heterocycles. The van der Waals surface area contributed by atoms with Gasteiger partial charge in [-0.1, -0.05) is 35.9 Å². The van der Waals surface area contributed by atoms with Crippen LogP contribution in [0, 0.1) is 0 Å². The minimum atomic E-state index is -0.326. The molecule has 5 nitrogen and oxygen atoms in total. The predicted molar refractivity (Wildman–Crippen MR) is 101 cm³/mol. The maximum atomic E-state index is 12.1. The van der Waals surface area contributed by atoms with Crippen molar-refractivity contribution in [2.45, 2.75) is 18.9 Å². The molecule has 6 heteroatoms. The van der Waals surface area contributed by atoms with E-state index in [0.29, 0.717) is 10.7 Å². The van der Waals surface area contributed by atoms with Gasteiger partial charge in [-0.05, 0) is 36.8 Å². The van der Waals surface area contributed by atoms with Gasteiger partial charge in [-0.3, -0.25) is 0 Å². The Kier molecular flexibility index (Phi) is 5.58. The van der Waals surface area contributed by atoms with E-state index in [9.17, 15) is 4.79 Å². The lowest BCUT2D eigenvalue weighted by Crippen LogP contribution is -2.48. The Balaban J connectivity index is 1.57. The average molecular weight is 360 g/mol. The van der Waals surface area contributed by atoms with E-state index in [4.69, 9.17) is 16.3 Å². The van der Waals surface area contributed by atoms with Crippen molar-refractivity contribution < 1.29 is 9.53 Å². The zero-order chi connectivity index (χ0) is 17.7. The minimum Gasteiger partial charge on any atom is -0.372 e. The van der Waals surface area contributed by atoms with Crippen LogP contribution in [0.2, 0.25) is 5.02 Å². The number of para-hydroxylation sites is 1. The summed E-state index contributed by atoms with van der Waals surface area (Å²) in [6, 6.07) is 14.6. The van der Waals surface area contributed by atoms with Crippen LogP contribution in [0.15, 0.2) is 48.5 Å². The van der Waals surface area contributed by atoms with Crippen LogP contribution in [-0.2, 0) is 11.2 Å². The number of benzene rings is 2. The van der Waals surface area contributed by atoms with E-state index in [1.807, 2.05) is 36.4 Å². The lowest BCUT2D eigenvalue weighted by atomic mass is 9.95. The fraction of sp³-hybridized carbons (Fsp3) is 0.316. The molecule has 0 aromatic heterocycles. The SMILES string of the molecule is CC1(Cc2ccc(NC(=O)Nc3ccccc3Cl)cc2)CNCCO1. The molecule has 1 heterocycles. The van der Waals surface area contributed by atoms with Gasteiger partial charge >= 0.3 is 6.03 Å². The van der Waals surface area contributed by atoms with Crippen LogP contribution in [0.3, 0.4) is 0 Å². The van der Waals surface area contributed by atoms with Crippen LogP contribution < -0.4 is 16.0 Å². The van der Waals surface area contributed by atoms with Gasteiger partial charge in [0.05, 0.1) is 22.9 Å². The second-order valence-electron chi connectivity index (χ2n) is 6.41. The Hall–Kier alpha value is -2.08. The largest absolute Gasteiger partial charge is 0.372 e. The molecule has 132 valence electrons. The number of anilines is 2. The van der Waals surface area contributed by atoms with Crippen LogP contribution in [0.5, 0.6) is 0 Å². The Morgan fingerprint density at radius 1 is 1.20 bits per heavy atom. The van der Waals surface area contributed by atoms with Gasteiger partial charge < -0.3 is 20.7 Å². The van der Waals surface area contributed by atoms with Crippen molar-refractivity contribution in [3.05, 3.63) is 59.1 Å². The third-order valence-corrected chi connectivity index (χ3v) is 4.47. The number of carbonyl (C=O) groups excluding carboxylic acids is 1. The van der Waals surface area contributed by atoms with Crippen LogP contribution in [-0.4, -0.2) is 31.3 Å². The van der Waals surface area contributed by atoms with Crippen molar-refractivity contribution in [3.63, 3.8) is 0 Å². The van der Waals surface area contributed by atoms with Crippen molar-refractivity contribution in [2.24, 2.45) is 0 Å². The summed E-state index contributed by atoms with van der Waals surface area (Å²) in [6.45, 7) is 4.59. The summed E-state index contributed by atoms with van der Waals surface area (Å²) in [5, 5.41) is 9.40. The lowest BCUT2D eigenvalue weighted by molar-refractivity contribution is -0.0516. The molecule has 3 rings (SSSR count). The minimum absolute atomic E-state index is 0.186. The number of hydrogen-bond donors (Lipinski definition) is 3. The van der Waals surface area contributed by atoms with Gasteiger partial charge in [-0.25, -0.2) is 4.79 Å². The van der Waals surface area contributed by atoms with E-state index in [0.717, 1.165) is 31.8 Å². The van der Waals surface area contributed by atoms with E-state index in [1.54, 1.807) is 12.1 Å². The molecule has 2 aromatic carbocycles. The molecule has 0 saturated carbocycles. The van der Waals surface area contributed by atoms with Crippen molar-refractivity contribution in [3.8, 4) is 0 Å². The van der Waals surface area contributed by atoms with E-state index in [1.165, 1.54) is 5.56 Å². The van der Waals surface area contributed by atoms with Crippen LogP contribution in [0.25, 0.3) is 0 Å². The molecule has 0 spiro atoms. The molecule has 1 aliphatic rings. The second kappa shape index (κ2) is 7.87. The number of nitrogens with one attached hydrogen (secondary N) is 3. The lowest BCUT2D eigenvalue weighted by Gasteiger charge is -2.34. The van der Waals surface area contributed by atoms with Crippen LogP contribution >= 0.6 is 11.6 Å². The molecular formula is C19H22ClN3O2. The van der Waals surface area contributed by atoms with Gasteiger partial charge in [0.25, 0.3) is 0 Å². The number of carbonyl (C=O) groups is 1. The summed E-state index contributed by atoms with van der Waals surface area (Å²) < 4.78 is 5.89. The molecular weight excluding hydrogens is 338 g/mol. The smallest absolute Gasteiger partial charge is 0.323 e. The highest BCUT2D eigenvalue weighted by atomic mass is 35.5. The topological polar surface area (TPSA) is 62.4 Å². The highest BCUT2D eigenvalue weighted by Gasteiger charge is 2.27. The average Bonchev–Trinajstić information content (AvgIpc) is 2.59. The Morgan fingerprint density at radius 2 is 1.96 bits per heavy atom. The summed E-state index contributed by atoms with van der Waals surface area (Å²) >= 11 is 6.04. The van der Waals surface area contributed by atoms with Gasteiger partial charge in [-0.2, -0.15) is 0 Å². The Labute approximate surface area is 152 Å². The summed E-state index contributed by atoms with van der Waals surface area (Å²) in [6.07, 6.45) is 0.825. The third kappa shape index (κ3) is 4.95. The maximum Gasteiger partial charge on any atom is 0.323 e. The van der Waals surface area contributed by atoms with Gasteiger partial charge in [0.2, 0.25) is 0 Å². The highest BCUT2D eigenvalue weighted by molar-refractivity contribution is 6.33. The first kappa shape index (κ1) is 17.7. The maximum absolute atomic E-state index is 12.1. The molecule has 0 bridgehead atoms. The molecule has 2 amide bonds. The van der Waals surface area contributed by atoms with Gasteiger partial charge in [0.1, 0.15) is 0 Å². The predicted octanol–water partition coefficient (Wildman–Crippen LogP) is 3.91. The first-order valence-corrected chi connectivity index (χ1v) is 8.68. The highest BCUT2D eigenvalue weighted by Crippen LogP contribution is 2.22. The van der Waals surface area contributed by atoms with Gasteiger partial charge in [-0.15, -0.1) is 0 Å². The number of rotatable bonds is 4. The molecule has 1 saturated heterocycles. The number of amides is 2. The molecule has 2 aromatic rings. The second-order valence-corrected chi connectivity index (χ2v) is 6.82. The fourth-order valence-corrected chi connectivity index (χ4v) is 3.05. The van der Waals surface area contributed by atoms with E-state index in [2.05, 4.69) is 22.9 Å². The van der Waals surface area contributed by atoms with Crippen molar-refractivity contribution >= 4 is 29.0 Å². The normalized spacial score (nSPS) is 20.1. The molecule has 3 N–H and O–H groups in total. The number of morpholine rings is 1. The first-order valence-electron chi connectivity index (χ1n) is 8.30. The van der Waals surface area contributed by atoms with E-state index < -0.39 is 0 Å². The molecule has 1 unspecified atom stereocenters. The summed E-state index contributed by atoms with van der Waals surface area (Å²) in [7, 11) is 0. The summed E-state index contributed by atoms with van der Waals surface area (Å²) in [4.78, 5) is 12.1. The Bertz CT molecular complexity index is 728. The fourth-order valence-electron chi connectivity index (χ4n) is 2.87. The van der Waals surface area contributed by atoms with Gasteiger partial charge in [0, 0.05) is 25.2 Å². The zero-order valence-corrected chi connectivity index (χ0v) is 14.9. The molecule has 25 heavy (non-hydrogen) atoms. The van der Waals surface area contributed by atoms with Crippen molar-refractivity contribution in [2.75, 3.05) is 30.3 Å². The summed E-state index contributed by atoms with van der Waals surface area (Å²) in [5.74, 6) is 0. The molecule has 1 atom stereocenters. The standard InChI is InChI=1S/C19H22ClN3O2/c1-19(13-21-10-11-25-19)12-14-6-8-15(9-7-14)22-18(24)23-17-5-3-2-4-16(17)20/h2-9,21H,10-13H2,1H3,(H2,22,23,24). The van der Waals surface area contributed by atoms with Gasteiger partial charge in [0.15, 0.2) is 0 Å². The van der Waals surface area contributed by atoms with Crippen LogP contribution in [0.1, 0.15) is 12.5 Å². The number of hydrogen-bond acceptors (Lipinski definition) is 3. The third-order valence-electron chi connectivity index (χ3n) is 4.14. The number of urea groups is 1. The van der Waals surface area contributed by atoms with Crippen LogP contribution in [0.4, 0.5) is 16.2 Å². The first-order chi connectivity index (χ1) is 12.0. The Morgan fingerprint density at radius 3 is 2.64 bits per heavy atom. The zero-order valence-electron chi connectivity index (χ0n) is 14.1. The molecule has 0 aliphatic carbocycles. The number of ether oxygens (including phenoxy) is 1. The summed E-state index contributed by atoms with van der Waals surface area (Å²) in [5.41, 5.74) is 2.28. The monoisotopic (exact) mass is 359 g/mol. The van der Waals surface area contributed by atoms with Crippen molar-refractivity contribution in [1.82, 2.24) is 5.32 Å². The van der Waals surface area contributed by atoms with Crippen molar-refractivity contribution in [1.29, 1.82) is 0 Å². The van der Waals surface area contributed by atoms with E-state index >= 15 is 0 Å². The number of halogens is 1. The quantitative estimate of drug-likeness (QED) is 0.775.